The molecule has 0 amide bonds. The van der Waals surface area contributed by atoms with E-state index in [-0.39, 0.29) is 6.04 Å². The fourth-order valence-electron chi connectivity index (χ4n) is 3.70. The van der Waals surface area contributed by atoms with Gasteiger partial charge in [0.15, 0.2) is 11.3 Å². The average molecular weight is 369 g/mol. The number of nitrogens with zero attached hydrogens (tertiary/aromatic N) is 7. The Morgan fingerprint density at radius 2 is 1.93 bits per heavy atom. The van der Waals surface area contributed by atoms with Crippen molar-refractivity contribution in [3.8, 4) is 11.3 Å². The zero-order valence-electron chi connectivity index (χ0n) is 15.9. The van der Waals surface area contributed by atoms with Crippen LogP contribution in [-0.2, 0) is 7.05 Å². The van der Waals surface area contributed by atoms with Gasteiger partial charge >= 0.3 is 0 Å². The monoisotopic (exact) mass is 369 g/mol. The highest BCUT2D eigenvalue weighted by atomic mass is 15.2. The summed E-state index contributed by atoms with van der Waals surface area (Å²) in [4.78, 5) is 18.2. The Hall–Kier alpha value is -3.61. The van der Waals surface area contributed by atoms with E-state index in [0.717, 1.165) is 22.4 Å². The van der Waals surface area contributed by atoms with Gasteiger partial charge in [0.05, 0.1) is 36.0 Å². The van der Waals surface area contributed by atoms with E-state index in [1.807, 2.05) is 31.8 Å². The number of rotatable bonds is 3. The van der Waals surface area contributed by atoms with Crippen molar-refractivity contribution in [2.24, 2.45) is 7.05 Å². The van der Waals surface area contributed by atoms with E-state index >= 15 is 0 Å². The Morgan fingerprint density at radius 3 is 2.75 bits per heavy atom. The SMILES string of the molecule is Cc1c(C(C)n2cnc3ncc(-c4cnn(C)c4)nc32)ccc2ncccc12. The van der Waals surface area contributed by atoms with Gasteiger partial charge in [0.2, 0.25) is 0 Å². The predicted octanol–water partition coefficient (Wildman–Crippen LogP) is 3.69. The Balaban J connectivity index is 1.63. The summed E-state index contributed by atoms with van der Waals surface area (Å²) in [5.41, 5.74) is 6.56. The maximum Gasteiger partial charge on any atom is 0.197 e. The molecule has 7 heteroatoms. The van der Waals surface area contributed by atoms with E-state index in [0.29, 0.717) is 5.65 Å². The highest BCUT2D eigenvalue weighted by molar-refractivity contribution is 5.83. The molecule has 5 rings (SSSR count). The van der Waals surface area contributed by atoms with Crippen molar-refractivity contribution >= 4 is 22.2 Å². The molecule has 0 saturated heterocycles. The summed E-state index contributed by atoms with van der Waals surface area (Å²) >= 11 is 0. The van der Waals surface area contributed by atoms with E-state index in [2.05, 4.69) is 56.7 Å². The fraction of sp³-hybridized carbons (Fsp3) is 0.190. The minimum Gasteiger partial charge on any atom is -0.307 e. The second-order valence-electron chi connectivity index (χ2n) is 6.98. The number of aromatic nitrogens is 7. The van der Waals surface area contributed by atoms with Crippen LogP contribution >= 0.6 is 0 Å². The first-order valence-corrected chi connectivity index (χ1v) is 9.14. The van der Waals surface area contributed by atoms with E-state index in [1.54, 1.807) is 17.1 Å². The molecule has 1 unspecified atom stereocenters. The van der Waals surface area contributed by atoms with Crippen LogP contribution in [0.5, 0.6) is 0 Å². The third kappa shape index (κ3) is 2.55. The molecule has 5 aromatic rings. The lowest BCUT2D eigenvalue weighted by Gasteiger charge is -2.18. The molecule has 0 fully saturated rings. The summed E-state index contributed by atoms with van der Waals surface area (Å²) in [7, 11) is 1.89. The third-order valence-electron chi connectivity index (χ3n) is 5.25. The molecule has 0 radical (unpaired) electrons. The number of fused-ring (bicyclic) bond motifs is 2. The molecular formula is C21H19N7. The molecule has 0 aliphatic heterocycles. The molecular weight excluding hydrogens is 350 g/mol. The van der Waals surface area contributed by atoms with E-state index in [9.17, 15) is 0 Å². The van der Waals surface area contributed by atoms with Crippen LogP contribution < -0.4 is 0 Å². The van der Waals surface area contributed by atoms with Crippen LogP contribution in [-0.4, -0.2) is 34.3 Å². The van der Waals surface area contributed by atoms with Gasteiger partial charge in [-0.15, -0.1) is 0 Å². The second kappa shape index (κ2) is 6.23. The van der Waals surface area contributed by atoms with Gasteiger partial charge in [0.25, 0.3) is 0 Å². The highest BCUT2D eigenvalue weighted by Gasteiger charge is 2.17. The average Bonchev–Trinajstić information content (AvgIpc) is 3.33. The number of hydrogen-bond acceptors (Lipinski definition) is 5. The molecule has 0 bridgehead atoms. The molecule has 4 heterocycles. The topological polar surface area (TPSA) is 74.3 Å². The maximum atomic E-state index is 4.83. The Bertz CT molecular complexity index is 1320. The number of benzene rings is 1. The van der Waals surface area contributed by atoms with Crippen molar-refractivity contribution in [2.45, 2.75) is 19.9 Å². The van der Waals surface area contributed by atoms with E-state index < -0.39 is 0 Å². The fourth-order valence-corrected chi connectivity index (χ4v) is 3.70. The minimum atomic E-state index is 0.0630. The predicted molar refractivity (Wildman–Crippen MR) is 108 cm³/mol. The van der Waals surface area contributed by atoms with Gasteiger partial charge in [-0.05, 0) is 37.1 Å². The summed E-state index contributed by atoms with van der Waals surface area (Å²) in [5, 5.41) is 5.39. The smallest absolute Gasteiger partial charge is 0.197 e. The van der Waals surface area contributed by atoms with Gasteiger partial charge in [0, 0.05) is 30.4 Å². The van der Waals surface area contributed by atoms with Gasteiger partial charge in [-0.3, -0.25) is 9.67 Å². The summed E-state index contributed by atoms with van der Waals surface area (Å²) in [6.07, 6.45) is 9.11. The Morgan fingerprint density at radius 1 is 1.04 bits per heavy atom. The van der Waals surface area contributed by atoms with Crippen LogP contribution in [0, 0.1) is 6.92 Å². The van der Waals surface area contributed by atoms with Crippen LogP contribution in [0.4, 0.5) is 0 Å². The quantitative estimate of drug-likeness (QED) is 0.485. The van der Waals surface area contributed by atoms with Gasteiger partial charge in [-0.25, -0.2) is 15.0 Å². The van der Waals surface area contributed by atoms with Crippen LogP contribution in [0.3, 0.4) is 0 Å². The first-order chi connectivity index (χ1) is 13.6. The number of hydrogen-bond donors (Lipinski definition) is 0. The normalized spacial score (nSPS) is 12.7. The van der Waals surface area contributed by atoms with Crippen LogP contribution in [0.15, 0.2) is 55.4 Å². The maximum absolute atomic E-state index is 4.83. The van der Waals surface area contributed by atoms with E-state index in [4.69, 9.17) is 4.98 Å². The molecule has 7 nitrogen and oxygen atoms in total. The third-order valence-corrected chi connectivity index (χ3v) is 5.25. The zero-order valence-corrected chi connectivity index (χ0v) is 15.9. The standard InChI is InChI=1S/C21H19N7/c1-13-16(6-7-18-17(13)5-4-8-22-18)14(2)28-12-24-20-21(28)26-19(10-23-20)15-9-25-27(3)11-15/h4-12,14H,1-3H3. The number of pyridine rings is 1. The van der Waals surface area contributed by atoms with Crippen molar-refractivity contribution in [1.29, 1.82) is 0 Å². The molecule has 0 N–H and O–H groups in total. The molecule has 0 aliphatic carbocycles. The van der Waals surface area contributed by atoms with Gasteiger partial charge in [0.1, 0.15) is 0 Å². The summed E-state index contributed by atoms with van der Waals surface area (Å²) in [5.74, 6) is 0. The molecule has 28 heavy (non-hydrogen) atoms. The van der Waals surface area contributed by atoms with Gasteiger partial charge in [-0.2, -0.15) is 5.10 Å². The lowest BCUT2D eigenvalue weighted by atomic mass is 9.98. The molecule has 1 aromatic carbocycles. The second-order valence-corrected chi connectivity index (χ2v) is 6.98. The first-order valence-electron chi connectivity index (χ1n) is 9.14. The summed E-state index contributed by atoms with van der Waals surface area (Å²) in [6.45, 7) is 4.30. The zero-order chi connectivity index (χ0) is 19.3. The lowest BCUT2D eigenvalue weighted by molar-refractivity contribution is 0.649. The first kappa shape index (κ1) is 16.6. The summed E-state index contributed by atoms with van der Waals surface area (Å²) < 4.78 is 3.83. The van der Waals surface area contributed by atoms with Crippen molar-refractivity contribution in [3.05, 3.63) is 66.5 Å². The van der Waals surface area contributed by atoms with E-state index in [1.165, 1.54) is 16.5 Å². The minimum absolute atomic E-state index is 0.0630. The molecule has 4 aromatic heterocycles. The molecule has 0 aliphatic rings. The summed E-state index contributed by atoms with van der Waals surface area (Å²) in [6, 6.07) is 8.36. The van der Waals surface area contributed by atoms with Crippen molar-refractivity contribution in [1.82, 2.24) is 34.3 Å². The molecule has 138 valence electrons. The van der Waals surface area contributed by atoms with Crippen LogP contribution in [0.1, 0.15) is 24.1 Å². The molecule has 0 spiro atoms. The van der Waals surface area contributed by atoms with Crippen LogP contribution in [0.25, 0.3) is 33.5 Å². The van der Waals surface area contributed by atoms with Gasteiger partial charge in [-0.1, -0.05) is 12.1 Å². The van der Waals surface area contributed by atoms with Crippen molar-refractivity contribution < 1.29 is 0 Å². The number of imidazole rings is 1. The Kier molecular flexibility index (Phi) is 3.68. The van der Waals surface area contributed by atoms with Crippen LogP contribution in [0.2, 0.25) is 0 Å². The largest absolute Gasteiger partial charge is 0.307 e. The Labute approximate surface area is 161 Å². The lowest BCUT2D eigenvalue weighted by Crippen LogP contribution is -2.08. The highest BCUT2D eigenvalue weighted by Crippen LogP contribution is 2.29. The van der Waals surface area contributed by atoms with Crippen molar-refractivity contribution in [2.75, 3.05) is 0 Å². The molecule has 1 atom stereocenters. The number of aryl methyl sites for hydroxylation is 2. The van der Waals surface area contributed by atoms with Crippen molar-refractivity contribution in [3.63, 3.8) is 0 Å². The van der Waals surface area contributed by atoms with Gasteiger partial charge < -0.3 is 4.57 Å². The molecule has 0 saturated carbocycles.